The van der Waals surface area contributed by atoms with Gasteiger partial charge >= 0.3 is 12.2 Å². The van der Waals surface area contributed by atoms with Gasteiger partial charge in [-0.05, 0) is 53.5 Å². The van der Waals surface area contributed by atoms with Crippen LogP contribution in [-0.4, -0.2) is 63.7 Å². The number of amides is 3. The second-order valence-corrected chi connectivity index (χ2v) is 9.02. The Labute approximate surface area is 187 Å². The SMILES string of the molecule is CC(C)(C)OC(=O)/N=C(/NC(=O)OC(C)(C)C)N1CC=C(c2cnc(NC=O)cn2)CC1. The van der Waals surface area contributed by atoms with E-state index in [0.717, 1.165) is 5.57 Å². The highest BCUT2D eigenvalue weighted by atomic mass is 16.6. The fourth-order valence-electron chi connectivity index (χ4n) is 2.67. The molecule has 174 valence electrons. The highest BCUT2D eigenvalue weighted by Crippen LogP contribution is 2.21. The third-order valence-corrected chi connectivity index (χ3v) is 3.90. The molecule has 0 fully saturated rings. The number of aromatic nitrogens is 2. The van der Waals surface area contributed by atoms with Gasteiger partial charge in [-0.25, -0.2) is 14.6 Å². The minimum absolute atomic E-state index is 0.0421. The van der Waals surface area contributed by atoms with Crippen molar-refractivity contribution in [1.29, 1.82) is 0 Å². The summed E-state index contributed by atoms with van der Waals surface area (Å²) >= 11 is 0. The molecule has 2 rings (SSSR count). The molecule has 11 nitrogen and oxygen atoms in total. The van der Waals surface area contributed by atoms with Crippen molar-refractivity contribution < 1.29 is 23.9 Å². The maximum atomic E-state index is 12.3. The van der Waals surface area contributed by atoms with Crippen LogP contribution in [0.25, 0.3) is 5.57 Å². The molecule has 3 amide bonds. The first-order chi connectivity index (χ1) is 14.9. The summed E-state index contributed by atoms with van der Waals surface area (Å²) in [5.74, 6) is 0.399. The summed E-state index contributed by atoms with van der Waals surface area (Å²) in [6.45, 7) is 11.2. The van der Waals surface area contributed by atoms with E-state index >= 15 is 0 Å². The number of nitrogens with one attached hydrogen (secondary N) is 2. The molecule has 32 heavy (non-hydrogen) atoms. The van der Waals surface area contributed by atoms with Crippen molar-refractivity contribution in [1.82, 2.24) is 20.2 Å². The monoisotopic (exact) mass is 446 g/mol. The largest absolute Gasteiger partial charge is 0.444 e. The number of aliphatic imine (C=N–C) groups is 1. The summed E-state index contributed by atoms with van der Waals surface area (Å²) in [6.07, 6.45) is 4.50. The molecule has 0 radical (unpaired) electrons. The molecule has 0 spiro atoms. The van der Waals surface area contributed by atoms with Crippen molar-refractivity contribution >= 4 is 35.9 Å². The minimum Gasteiger partial charge on any atom is -0.444 e. The molecule has 11 heteroatoms. The van der Waals surface area contributed by atoms with E-state index in [9.17, 15) is 14.4 Å². The summed E-state index contributed by atoms with van der Waals surface area (Å²) in [4.78, 5) is 49.2. The predicted octanol–water partition coefficient (Wildman–Crippen LogP) is 2.95. The van der Waals surface area contributed by atoms with Crippen molar-refractivity contribution in [3.05, 3.63) is 24.2 Å². The Morgan fingerprint density at radius 3 is 2.28 bits per heavy atom. The number of hydrogen-bond donors (Lipinski definition) is 2. The lowest BCUT2D eigenvalue weighted by Crippen LogP contribution is -2.48. The van der Waals surface area contributed by atoms with Gasteiger partial charge < -0.3 is 19.7 Å². The van der Waals surface area contributed by atoms with E-state index in [1.54, 1.807) is 52.6 Å². The van der Waals surface area contributed by atoms with Gasteiger partial charge in [-0.2, -0.15) is 0 Å². The van der Waals surface area contributed by atoms with Crippen LogP contribution >= 0.6 is 0 Å². The Morgan fingerprint density at radius 2 is 1.78 bits per heavy atom. The zero-order chi connectivity index (χ0) is 23.9. The second kappa shape index (κ2) is 10.2. The van der Waals surface area contributed by atoms with E-state index in [1.165, 1.54) is 6.20 Å². The van der Waals surface area contributed by atoms with E-state index in [4.69, 9.17) is 9.47 Å². The van der Waals surface area contributed by atoms with E-state index < -0.39 is 23.4 Å². The minimum atomic E-state index is -0.817. The summed E-state index contributed by atoms with van der Waals surface area (Å²) in [5.41, 5.74) is 0.183. The van der Waals surface area contributed by atoms with Gasteiger partial charge in [-0.3, -0.25) is 15.1 Å². The van der Waals surface area contributed by atoms with Crippen molar-refractivity contribution in [3.63, 3.8) is 0 Å². The molecule has 0 atom stereocenters. The summed E-state index contributed by atoms with van der Waals surface area (Å²) in [6, 6.07) is 0. The molecular weight excluding hydrogens is 416 g/mol. The zero-order valence-corrected chi connectivity index (χ0v) is 19.3. The first-order valence-electron chi connectivity index (χ1n) is 10.1. The Balaban J connectivity index is 2.17. The van der Waals surface area contributed by atoms with Gasteiger partial charge in [0.2, 0.25) is 12.4 Å². The average molecular weight is 447 g/mol. The van der Waals surface area contributed by atoms with Gasteiger partial charge in [-0.15, -0.1) is 4.99 Å². The number of nitrogens with zero attached hydrogens (tertiary/aromatic N) is 4. The molecule has 0 bridgehead atoms. The molecule has 2 N–H and O–H groups in total. The molecule has 0 aliphatic carbocycles. The molecule has 0 aromatic carbocycles. The highest BCUT2D eigenvalue weighted by molar-refractivity contribution is 5.99. The lowest BCUT2D eigenvalue weighted by Gasteiger charge is -2.30. The fraction of sp³-hybridized carbons (Fsp3) is 0.524. The fourth-order valence-corrected chi connectivity index (χ4v) is 2.67. The first kappa shape index (κ1) is 24.8. The molecule has 1 aliphatic rings. The highest BCUT2D eigenvalue weighted by Gasteiger charge is 2.24. The second-order valence-electron chi connectivity index (χ2n) is 9.02. The van der Waals surface area contributed by atoms with E-state index in [0.29, 0.717) is 37.4 Å². The first-order valence-corrected chi connectivity index (χ1v) is 10.1. The Bertz CT molecular complexity index is 897. The Hall–Kier alpha value is -3.50. The van der Waals surface area contributed by atoms with Crippen LogP contribution < -0.4 is 10.6 Å². The predicted molar refractivity (Wildman–Crippen MR) is 119 cm³/mol. The molecule has 0 saturated heterocycles. The number of alkyl carbamates (subject to hydrolysis) is 1. The van der Waals surface area contributed by atoms with Crippen LogP contribution in [0, 0.1) is 0 Å². The van der Waals surface area contributed by atoms with Gasteiger partial charge in [0.05, 0.1) is 18.1 Å². The van der Waals surface area contributed by atoms with Crippen LogP contribution in [0.2, 0.25) is 0 Å². The third kappa shape index (κ3) is 8.32. The summed E-state index contributed by atoms with van der Waals surface area (Å²) in [5, 5.41) is 4.99. The van der Waals surface area contributed by atoms with E-state index in [1.807, 2.05) is 6.08 Å². The smallest absolute Gasteiger partial charge is 0.437 e. The lowest BCUT2D eigenvalue weighted by atomic mass is 10.1. The number of carbonyl (C=O) groups is 3. The van der Waals surface area contributed by atoms with Crippen LogP contribution in [0.4, 0.5) is 15.4 Å². The molecule has 0 saturated carbocycles. The van der Waals surface area contributed by atoms with Crippen LogP contribution in [0.3, 0.4) is 0 Å². The number of hydrogen-bond acceptors (Lipinski definition) is 7. The molecule has 0 unspecified atom stereocenters. The van der Waals surface area contributed by atoms with Crippen molar-refractivity contribution in [2.75, 3.05) is 18.4 Å². The number of guanidine groups is 1. The van der Waals surface area contributed by atoms with Crippen LogP contribution in [0.1, 0.15) is 53.7 Å². The lowest BCUT2D eigenvalue weighted by molar-refractivity contribution is -0.105. The molecule has 1 aromatic rings. The van der Waals surface area contributed by atoms with E-state index in [2.05, 4.69) is 25.6 Å². The standard InChI is InChI=1S/C21H30N6O5/c1-20(2,3)31-18(29)25-17(26-19(30)32-21(4,5)6)27-9-7-14(8-10-27)15-11-23-16(12-22-15)24-13-28/h7,11-13H,8-10H2,1-6H3,(H,23,24,28)(H,25,26,29,30). The average Bonchev–Trinajstić information content (AvgIpc) is 2.65. The third-order valence-electron chi connectivity index (χ3n) is 3.90. The van der Waals surface area contributed by atoms with Crippen LogP contribution in [-0.2, 0) is 14.3 Å². The van der Waals surface area contributed by atoms with Gasteiger partial charge in [0.1, 0.15) is 11.2 Å². The van der Waals surface area contributed by atoms with Gasteiger partial charge in [-0.1, -0.05) is 6.08 Å². The molecule has 2 heterocycles. The summed E-state index contributed by atoms with van der Waals surface area (Å²) in [7, 11) is 0. The maximum Gasteiger partial charge on any atom is 0.437 e. The molecular formula is C21H30N6O5. The van der Waals surface area contributed by atoms with E-state index in [-0.39, 0.29) is 5.96 Å². The number of anilines is 1. The normalized spacial score (nSPS) is 14.9. The summed E-state index contributed by atoms with van der Waals surface area (Å²) < 4.78 is 10.5. The Kier molecular flexibility index (Phi) is 7.90. The van der Waals surface area contributed by atoms with Gasteiger partial charge in [0.25, 0.3) is 0 Å². The molecule has 1 aromatic heterocycles. The molecule has 1 aliphatic heterocycles. The van der Waals surface area contributed by atoms with Crippen LogP contribution in [0.15, 0.2) is 23.5 Å². The van der Waals surface area contributed by atoms with Crippen molar-refractivity contribution in [2.45, 2.75) is 59.2 Å². The zero-order valence-electron chi connectivity index (χ0n) is 19.3. The van der Waals surface area contributed by atoms with Gasteiger partial charge in [0.15, 0.2) is 5.82 Å². The number of carbonyl (C=O) groups excluding carboxylic acids is 3. The number of ether oxygens (including phenoxy) is 2. The topological polar surface area (TPSA) is 135 Å². The Morgan fingerprint density at radius 1 is 1.09 bits per heavy atom. The van der Waals surface area contributed by atoms with Crippen LogP contribution in [0.5, 0.6) is 0 Å². The van der Waals surface area contributed by atoms with Gasteiger partial charge in [0, 0.05) is 13.1 Å². The quantitative estimate of drug-likeness (QED) is 0.411. The maximum absolute atomic E-state index is 12.3. The van der Waals surface area contributed by atoms with Crippen molar-refractivity contribution in [2.24, 2.45) is 4.99 Å². The van der Waals surface area contributed by atoms with Crippen molar-refractivity contribution in [3.8, 4) is 0 Å². The number of rotatable bonds is 3.